The van der Waals surface area contributed by atoms with Crippen molar-refractivity contribution in [3.63, 3.8) is 0 Å². The number of para-hydroxylation sites is 1. The molecule has 21 heavy (non-hydrogen) atoms. The third-order valence-electron chi connectivity index (χ3n) is 3.47. The number of nitrogens with one attached hydrogen (secondary N) is 1. The number of aryl methyl sites for hydroxylation is 1. The smallest absolute Gasteiger partial charge is 0.405 e. The fourth-order valence-corrected chi connectivity index (χ4v) is 2.68. The van der Waals surface area contributed by atoms with Crippen molar-refractivity contribution in [1.82, 2.24) is 10.3 Å². The molecule has 112 valence electrons. The van der Waals surface area contributed by atoms with E-state index in [0.29, 0.717) is 10.7 Å². The Kier molecular flexibility index (Phi) is 4.10. The largest absolute Gasteiger partial charge is 0.465 e. The molecular weight excluding hydrogens is 288 g/mol. The summed E-state index contributed by atoms with van der Waals surface area (Å²) in [6.45, 7) is 7.86. The Bertz CT molecular complexity index is 692. The second-order valence-corrected chi connectivity index (χ2v) is 6.62. The molecule has 2 N–H and O–H groups in total. The lowest BCUT2D eigenvalue weighted by molar-refractivity contribution is 0.175. The number of fused-ring (bicyclic) bond motifs is 1. The summed E-state index contributed by atoms with van der Waals surface area (Å²) in [6.07, 6.45) is -1.07. The van der Waals surface area contributed by atoms with Gasteiger partial charge in [0.05, 0.1) is 11.6 Å². The Balaban J connectivity index is 2.63. The van der Waals surface area contributed by atoms with Crippen LogP contribution in [0.1, 0.15) is 37.9 Å². The number of carboxylic acid groups (broad SMARTS) is 1. The van der Waals surface area contributed by atoms with Gasteiger partial charge in [-0.3, -0.25) is 0 Å². The van der Waals surface area contributed by atoms with Crippen molar-refractivity contribution in [3.05, 3.63) is 40.5 Å². The minimum absolute atomic E-state index is 0.318. The number of benzene rings is 1. The van der Waals surface area contributed by atoms with E-state index >= 15 is 0 Å². The van der Waals surface area contributed by atoms with Crippen LogP contribution in [0, 0.1) is 12.3 Å². The first-order chi connectivity index (χ1) is 9.70. The molecule has 0 fully saturated rings. The van der Waals surface area contributed by atoms with Gasteiger partial charge in [0.15, 0.2) is 0 Å². The first kappa shape index (κ1) is 15.6. The fourth-order valence-electron chi connectivity index (χ4n) is 2.43. The van der Waals surface area contributed by atoms with Gasteiger partial charge in [-0.1, -0.05) is 50.6 Å². The summed E-state index contributed by atoms with van der Waals surface area (Å²) in [7, 11) is 0. The van der Waals surface area contributed by atoms with Crippen LogP contribution in [-0.2, 0) is 0 Å². The third kappa shape index (κ3) is 3.27. The Morgan fingerprint density at radius 3 is 2.62 bits per heavy atom. The van der Waals surface area contributed by atoms with E-state index in [1.54, 1.807) is 0 Å². The Morgan fingerprint density at radius 2 is 2.05 bits per heavy atom. The lowest BCUT2D eigenvalue weighted by Gasteiger charge is -2.31. The van der Waals surface area contributed by atoms with Crippen molar-refractivity contribution >= 4 is 28.6 Å². The number of hydrogen-bond donors (Lipinski definition) is 2. The molecule has 0 saturated heterocycles. The highest BCUT2D eigenvalue weighted by Crippen LogP contribution is 2.37. The topological polar surface area (TPSA) is 62.2 Å². The number of carbonyl (C=O) groups is 1. The van der Waals surface area contributed by atoms with Gasteiger partial charge < -0.3 is 10.4 Å². The first-order valence-corrected chi connectivity index (χ1v) is 7.13. The molecule has 0 bridgehead atoms. The molecule has 5 heteroatoms. The second-order valence-electron chi connectivity index (χ2n) is 6.26. The van der Waals surface area contributed by atoms with Crippen LogP contribution in [0.5, 0.6) is 0 Å². The summed E-state index contributed by atoms with van der Waals surface area (Å²) in [5, 5.41) is 12.9. The summed E-state index contributed by atoms with van der Waals surface area (Å²) < 4.78 is 0. The van der Waals surface area contributed by atoms with E-state index < -0.39 is 12.1 Å². The van der Waals surface area contributed by atoms with Crippen LogP contribution in [0.3, 0.4) is 0 Å². The van der Waals surface area contributed by atoms with Crippen molar-refractivity contribution in [2.24, 2.45) is 5.41 Å². The average molecular weight is 307 g/mol. The van der Waals surface area contributed by atoms with E-state index in [9.17, 15) is 4.79 Å². The van der Waals surface area contributed by atoms with Crippen LogP contribution in [0.15, 0.2) is 24.3 Å². The average Bonchev–Trinajstić information content (AvgIpc) is 2.35. The van der Waals surface area contributed by atoms with Gasteiger partial charge in [-0.2, -0.15) is 0 Å². The van der Waals surface area contributed by atoms with Gasteiger partial charge >= 0.3 is 6.09 Å². The summed E-state index contributed by atoms with van der Waals surface area (Å²) in [4.78, 5) is 15.5. The standard InChI is InChI=1S/C16H19ClN2O2/c1-9-6-5-7-10-8-11(14(17)18-12(9)10)13(16(2,3)4)19-15(20)21/h5-8,13,19H,1-4H3,(H,20,21). The normalized spacial score (nSPS) is 13.2. The number of rotatable bonds is 2. The number of hydrogen-bond acceptors (Lipinski definition) is 2. The number of pyridine rings is 1. The van der Waals surface area contributed by atoms with Crippen molar-refractivity contribution in [1.29, 1.82) is 0 Å². The molecule has 0 aliphatic rings. The molecule has 0 aliphatic carbocycles. The second kappa shape index (κ2) is 5.53. The van der Waals surface area contributed by atoms with E-state index in [1.165, 1.54) is 0 Å². The van der Waals surface area contributed by atoms with Crippen LogP contribution in [-0.4, -0.2) is 16.2 Å². The highest BCUT2D eigenvalue weighted by Gasteiger charge is 2.30. The van der Waals surface area contributed by atoms with Gasteiger partial charge in [0.2, 0.25) is 0 Å². The molecule has 0 saturated carbocycles. The SMILES string of the molecule is Cc1cccc2cc(C(NC(=O)O)C(C)(C)C)c(Cl)nc12. The lowest BCUT2D eigenvalue weighted by Crippen LogP contribution is -2.36. The van der Waals surface area contributed by atoms with Crippen LogP contribution in [0.2, 0.25) is 5.15 Å². The van der Waals surface area contributed by atoms with E-state index in [0.717, 1.165) is 16.5 Å². The summed E-state index contributed by atoms with van der Waals surface area (Å²) in [6, 6.07) is 7.37. The minimum atomic E-state index is -1.07. The Morgan fingerprint density at radius 1 is 1.38 bits per heavy atom. The van der Waals surface area contributed by atoms with Crippen LogP contribution >= 0.6 is 11.6 Å². The fraction of sp³-hybridized carbons (Fsp3) is 0.375. The lowest BCUT2D eigenvalue weighted by atomic mass is 9.82. The molecule has 1 aromatic carbocycles. The molecule has 2 rings (SSSR count). The predicted octanol–water partition coefficient (Wildman–Crippen LogP) is 4.55. The van der Waals surface area contributed by atoms with Gasteiger partial charge in [0.25, 0.3) is 0 Å². The Hall–Kier alpha value is -1.81. The molecular formula is C16H19ClN2O2. The van der Waals surface area contributed by atoms with Gasteiger partial charge in [-0.05, 0) is 24.0 Å². The maximum Gasteiger partial charge on any atom is 0.405 e. The summed E-state index contributed by atoms with van der Waals surface area (Å²) in [5.74, 6) is 0. The van der Waals surface area contributed by atoms with Gasteiger partial charge in [-0.15, -0.1) is 0 Å². The van der Waals surface area contributed by atoms with E-state index in [4.69, 9.17) is 16.7 Å². The molecule has 4 nitrogen and oxygen atoms in total. The van der Waals surface area contributed by atoms with E-state index in [2.05, 4.69) is 10.3 Å². The molecule has 0 radical (unpaired) electrons. The molecule has 0 spiro atoms. The molecule has 1 atom stereocenters. The molecule has 1 unspecified atom stereocenters. The summed E-state index contributed by atoms with van der Waals surface area (Å²) >= 11 is 6.32. The zero-order chi connectivity index (χ0) is 15.8. The zero-order valence-corrected chi connectivity index (χ0v) is 13.3. The van der Waals surface area contributed by atoms with Gasteiger partial charge in [0, 0.05) is 10.9 Å². The van der Waals surface area contributed by atoms with Crippen LogP contribution in [0.25, 0.3) is 10.9 Å². The molecule has 2 aromatic rings. The van der Waals surface area contributed by atoms with Gasteiger partial charge in [0.1, 0.15) is 5.15 Å². The number of halogens is 1. The summed E-state index contributed by atoms with van der Waals surface area (Å²) in [5.41, 5.74) is 2.26. The van der Waals surface area contributed by atoms with Crippen molar-refractivity contribution < 1.29 is 9.90 Å². The van der Waals surface area contributed by atoms with Crippen LogP contribution in [0.4, 0.5) is 4.79 Å². The molecule has 0 aliphatic heterocycles. The highest BCUT2D eigenvalue weighted by atomic mass is 35.5. The predicted molar refractivity (Wildman–Crippen MR) is 84.8 cm³/mol. The first-order valence-electron chi connectivity index (χ1n) is 6.75. The van der Waals surface area contributed by atoms with Gasteiger partial charge in [-0.25, -0.2) is 9.78 Å². The number of aromatic nitrogens is 1. The molecule has 1 heterocycles. The van der Waals surface area contributed by atoms with Crippen molar-refractivity contribution in [3.8, 4) is 0 Å². The molecule has 1 aromatic heterocycles. The quantitative estimate of drug-likeness (QED) is 0.800. The van der Waals surface area contributed by atoms with E-state index in [-0.39, 0.29) is 5.41 Å². The van der Waals surface area contributed by atoms with E-state index in [1.807, 2.05) is 52.0 Å². The number of nitrogens with zero attached hydrogens (tertiary/aromatic N) is 1. The maximum atomic E-state index is 11.1. The van der Waals surface area contributed by atoms with Crippen molar-refractivity contribution in [2.75, 3.05) is 0 Å². The van der Waals surface area contributed by atoms with Crippen LogP contribution < -0.4 is 5.32 Å². The monoisotopic (exact) mass is 306 g/mol. The molecule has 1 amide bonds. The van der Waals surface area contributed by atoms with Crippen molar-refractivity contribution in [2.45, 2.75) is 33.7 Å². The third-order valence-corrected chi connectivity index (χ3v) is 3.78. The Labute approximate surface area is 129 Å². The maximum absolute atomic E-state index is 11.1. The minimum Gasteiger partial charge on any atom is -0.465 e. The zero-order valence-electron chi connectivity index (χ0n) is 12.6. The number of amides is 1. The highest BCUT2D eigenvalue weighted by molar-refractivity contribution is 6.30.